The molecule has 0 aromatic heterocycles. The van der Waals surface area contributed by atoms with E-state index in [2.05, 4.69) is 0 Å². The number of ether oxygens (including phenoxy) is 1. The fourth-order valence-corrected chi connectivity index (χ4v) is 1.98. The second kappa shape index (κ2) is 5.71. The Morgan fingerprint density at radius 2 is 2.06 bits per heavy atom. The molecule has 2 N–H and O–H groups in total. The van der Waals surface area contributed by atoms with E-state index in [0.29, 0.717) is 5.75 Å². The Hall–Kier alpha value is -1.78. The lowest BCUT2D eigenvalue weighted by molar-refractivity contribution is -0.134. The fraction of sp³-hybridized carbons (Fsp3) is 0.462. The predicted molar refractivity (Wildman–Crippen MR) is 66.7 cm³/mol. The first kappa shape index (κ1) is 12.7. The monoisotopic (exact) mass is 252 g/mol. The van der Waals surface area contributed by atoms with Crippen LogP contribution in [0.1, 0.15) is 19.3 Å². The Labute approximate surface area is 106 Å². The van der Waals surface area contributed by atoms with E-state index in [1.54, 1.807) is 11.0 Å². The molecule has 1 amide bonds. The highest BCUT2D eigenvalue weighted by Crippen LogP contribution is 2.18. The maximum atomic E-state index is 13.2. The number of carbonyl (C=O) groups excluding carboxylic acids is 1. The molecule has 1 heterocycles. The molecule has 1 saturated heterocycles. The molecular weight excluding hydrogens is 235 g/mol. The van der Waals surface area contributed by atoms with E-state index < -0.39 is 5.82 Å². The van der Waals surface area contributed by atoms with Gasteiger partial charge in [-0.2, -0.15) is 0 Å². The minimum atomic E-state index is -0.530. The molecule has 0 saturated carbocycles. The van der Waals surface area contributed by atoms with Crippen LogP contribution in [0.3, 0.4) is 0 Å². The first-order valence-electron chi connectivity index (χ1n) is 6.12. The number of piperidine rings is 1. The second-order valence-corrected chi connectivity index (χ2v) is 4.41. The minimum absolute atomic E-state index is 0.0491. The van der Waals surface area contributed by atoms with Crippen molar-refractivity contribution in [2.24, 2.45) is 0 Å². The molecule has 18 heavy (non-hydrogen) atoms. The van der Waals surface area contributed by atoms with Crippen LogP contribution in [0.5, 0.6) is 5.75 Å². The number of amides is 1. The van der Waals surface area contributed by atoms with E-state index in [1.165, 1.54) is 18.6 Å². The molecule has 0 aliphatic carbocycles. The van der Waals surface area contributed by atoms with Gasteiger partial charge in [-0.1, -0.05) is 0 Å². The van der Waals surface area contributed by atoms with Crippen molar-refractivity contribution >= 4 is 11.6 Å². The highest BCUT2D eigenvalue weighted by molar-refractivity contribution is 5.77. The summed E-state index contributed by atoms with van der Waals surface area (Å²) in [5, 5.41) is 0. The van der Waals surface area contributed by atoms with Crippen molar-refractivity contribution < 1.29 is 13.9 Å². The van der Waals surface area contributed by atoms with E-state index in [1.807, 2.05) is 0 Å². The molecule has 98 valence electrons. The van der Waals surface area contributed by atoms with Crippen molar-refractivity contribution in [2.75, 3.05) is 25.4 Å². The third-order valence-electron chi connectivity index (χ3n) is 3.04. The molecule has 1 aromatic carbocycles. The van der Waals surface area contributed by atoms with Crippen molar-refractivity contribution in [3.05, 3.63) is 24.0 Å². The van der Waals surface area contributed by atoms with Crippen molar-refractivity contribution in [1.29, 1.82) is 0 Å². The third-order valence-corrected chi connectivity index (χ3v) is 3.04. The van der Waals surface area contributed by atoms with Crippen LogP contribution in [0.25, 0.3) is 0 Å². The molecule has 0 unspecified atom stereocenters. The standard InChI is InChI=1S/C13H17FN2O2/c14-11-8-10(4-5-12(11)15)18-9-13(17)16-6-2-1-3-7-16/h4-5,8H,1-3,6-7,9,15H2. The van der Waals surface area contributed by atoms with Gasteiger partial charge in [-0.3, -0.25) is 4.79 Å². The number of nitrogens with two attached hydrogens (primary N) is 1. The average Bonchev–Trinajstić information content (AvgIpc) is 2.41. The molecule has 5 heteroatoms. The van der Waals surface area contributed by atoms with Crippen LogP contribution in [0.15, 0.2) is 18.2 Å². The largest absolute Gasteiger partial charge is 0.484 e. The number of hydrogen-bond acceptors (Lipinski definition) is 3. The average molecular weight is 252 g/mol. The molecule has 1 aliphatic rings. The van der Waals surface area contributed by atoms with Crippen molar-refractivity contribution in [3.63, 3.8) is 0 Å². The molecule has 0 radical (unpaired) electrons. The fourth-order valence-electron chi connectivity index (χ4n) is 1.98. The van der Waals surface area contributed by atoms with E-state index >= 15 is 0 Å². The number of halogens is 1. The van der Waals surface area contributed by atoms with Crippen LogP contribution in [0.4, 0.5) is 10.1 Å². The minimum Gasteiger partial charge on any atom is -0.484 e. The molecular formula is C13H17FN2O2. The zero-order valence-electron chi connectivity index (χ0n) is 10.2. The number of benzene rings is 1. The van der Waals surface area contributed by atoms with Gasteiger partial charge in [-0.25, -0.2) is 4.39 Å². The van der Waals surface area contributed by atoms with Gasteiger partial charge >= 0.3 is 0 Å². The summed E-state index contributed by atoms with van der Waals surface area (Å²) in [7, 11) is 0. The highest BCUT2D eigenvalue weighted by atomic mass is 19.1. The normalized spacial score (nSPS) is 15.5. The number of nitrogen functional groups attached to an aromatic ring is 1. The molecule has 4 nitrogen and oxygen atoms in total. The Morgan fingerprint density at radius 1 is 1.33 bits per heavy atom. The molecule has 1 aromatic rings. The van der Waals surface area contributed by atoms with Gasteiger partial charge in [0.15, 0.2) is 6.61 Å². The number of likely N-dealkylation sites (tertiary alicyclic amines) is 1. The van der Waals surface area contributed by atoms with Crippen LogP contribution in [-0.4, -0.2) is 30.5 Å². The lowest BCUT2D eigenvalue weighted by Crippen LogP contribution is -2.38. The lowest BCUT2D eigenvalue weighted by atomic mass is 10.1. The van der Waals surface area contributed by atoms with Crippen molar-refractivity contribution in [3.8, 4) is 5.75 Å². The quantitative estimate of drug-likeness (QED) is 0.834. The number of carbonyl (C=O) groups is 1. The Kier molecular flexibility index (Phi) is 4.02. The Morgan fingerprint density at radius 3 is 2.72 bits per heavy atom. The SMILES string of the molecule is Nc1ccc(OCC(=O)N2CCCCC2)cc1F. The number of anilines is 1. The molecule has 0 spiro atoms. The van der Waals surface area contributed by atoms with Crippen LogP contribution in [-0.2, 0) is 4.79 Å². The zero-order chi connectivity index (χ0) is 13.0. The number of nitrogens with zero attached hydrogens (tertiary/aromatic N) is 1. The van der Waals surface area contributed by atoms with E-state index in [-0.39, 0.29) is 18.2 Å². The van der Waals surface area contributed by atoms with E-state index in [9.17, 15) is 9.18 Å². The van der Waals surface area contributed by atoms with E-state index in [4.69, 9.17) is 10.5 Å². The lowest BCUT2D eigenvalue weighted by Gasteiger charge is -2.26. The number of rotatable bonds is 3. The summed E-state index contributed by atoms with van der Waals surface area (Å²) in [5.74, 6) is -0.253. The first-order valence-corrected chi connectivity index (χ1v) is 6.12. The zero-order valence-corrected chi connectivity index (χ0v) is 10.2. The van der Waals surface area contributed by atoms with Gasteiger partial charge in [-0.05, 0) is 31.4 Å². The molecule has 0 bridgehead atoms. The van der Waals surface area contributed by atoms with E-state index in [0.717, 1.165) is 25.9 Å². The van der Waals surface area contributed by atoms with Crippen molar-refractivity contribution in [1.82, 2.24) is 4.90 Å². The van der Waals surface area contributed by atoms with Gasteiger partial charge < -0.3 is 15.4 Å². The van der Waals surface area contributed by atoms with Gasteiger partial charge in [0, 0.05) is 19.2 Å². The van der Waals surface area contributed by atoms with Crippen molar-refractivity contribution in [2.45, 2.75) is 19.3 Å². The summed E-state index contributed by atoms with van der Waals surface area (Å²) < 4.78 is 18.4. The van der Waals surface area contributed by atoms with Crippen LogP contribution in [0, 0.1) is 5.82 Å². The topological polar surface area (TPSA) is 55.6 Å². The van der Waals surface area contributed by atoms with Gasteiger partial charge in [0.05, 0.1) is 5.69 Å². The summed E-state index contributed by atoms with van der Waals surface area (Å²) in [6, 6.07) is 4.18. The Balaban J connectivity index is 1.86. The molecule has 0 atom stereocenters. The summed E-state index contributed by atoms with van der Waals surface area (Å²) in [6.45, 7) is 1.53. The smallest absolute Gasteiger partial charge is 0.260 e. The summed E-state index contributed by atoms with van der Waals surface area (Å²) in [4.78, 5) is 13.6. The third kappa shape index (κ3) is 3.12. The summed E-state index contributed by atoms with van der Waals surface area (Å²) in [5.41, 5.74) is 5.43. The Bertz CT molecular complexity index is 431. The van der Waals surface area contributed by atoms with Gasteiger partial charge in [0.25, 0.3) is 5.91 Å². The maximum Gasteiger partial charge on any atom is 0.260 e. The predicted octanol–water partition coefficient (Wildman–Crippen LogP) is 1.80. The molecule has 2 rings (SSSR count). The van der Waals surface area contributed by atoms with Gasteiger partial charge in [0.1, 0.15) is 11.6 Å². The maximum absolute atomic E-state index is 13.2. The van der Waals surface area contributed by atoms with Crippen LogP contribution < -0.4 is 10.5 Å². The van der Waals surface area contributed by atoms with Gasteiger partial charge in [-0.15, -0.1) is 0 Å². The molecule has 1 fully saturated rings. The van der Waals surface area contributed by atoms with Crippen LogP contribution >= 0.6 is 0 Å². The number of hydrogen-bond donors (Lipinski definition) is 1. The second-order valence-electron chi connectivity index (χ2n) is 4.41. The summed E-state index contributed by atoms with van der Waals surface area (Å²) >= 11 is 0. The van der Waals surface area contributed by atoms with Crippen LogP contribution in [0.2, 0.25) is 0 Å². The first-order chi connectivity index (χ1) is 8.66. The molecule has 1 aliphatic heterocycles. The highest BCUT2D eigenvalue weighted by Gasteiger charge is 2.16. The summed E-state index contributed by atoms with van der Waals surface area (Å²) in [6.07, 6.45) is 3.26. The van der Waals surface area contributed by atoms with Gasteiger partial charge in [0.2, 0.25) is 0 Å².